The van der Waals surface area contributed by atoms with Crippen LogP contribution in [-0.4, -0.2) is 0 Å². The zero-order valence-electron chi connectivity index (χ0n) is 10.0. The van der Waals surface area contributed by atoms with Gasteiger partial charge in [-0.05, 0) is 30.2 Å². The lowest BCUT2D eigenvalue weighted by Gasteiger charge is -2.08. The Morgan fingerprint density at radius 3 is 2.53 bits per heavy atom. The number of hydrogen-bond acceptors (Lipinski definition) is 1. The van der Waals surface area contributed by atoms with Crippen LogP contribution < -0.4 is 4.74 Å². The number of hydrogen-bond donors (Lipinski definition) is 0. The van der Waals surface area contributed by atoms with E-state index >= 15 is 0 Å². The van der Waals surface area contributed by atoms with Crippen molar-refractivity contribution in [1.82, 2.24) is 0 Å². The summed E-state index contributed by atoms with van der Waals surface area (Å²) < 4.78 is 5.74. The molecular formula is C16H16O. The van der Waals surface area contributed by atoms with Crippen molar-refractivity contribution in [3.8, 4) is 5.75 Å². The summed E-state index contributed by atoms with van der Waals surface area (Å²) in [5, 5.41) is 0. The van der Waals surface area contributed by atoms with E-state index < -0.39 is 0 Å². The first-order valence-corrected chi connectivity index (χ1v) is 5.68. The number of benzene rings is 2. The minimum absolute atomic E-state index is 0.598. The minimum atomic E-state index is 0.598. The molecule has 1 heteroatoms. The van der Waals surface area contributed by atoms with Gasteiger partial charge in [-0.15, -0.1) is 0 Å². The molecule has 2 aromatic carbocycles. The smallest absolute Gasteiger partial charge is 0.120 e. The van der Waals surface area contributed by atoms with Gasteiger partial charge in [-0.2, -0.15) is 0 Å². The molecule has 0 atom stereocenters. The van der Waals surface area contributed by atoms with Crippen molar-refractivity contribution in [1.29, 1.82) is 0 Å². The van der Waals surface area contributed by atoms with Crippen LogP contribution in [0.25, 0.3) is 5.57 Å². The number of rotatable bonds is 4. The van der Waals surface area contributed by atoms with Crippen molar-refractivity contribution in [3.63, 3.8) is 0 Å². The molecule has 0 bridgehead atoms. The fraction of sp³-hybridized carbons (Fsp3) is 0.125. The molecule has 0 unspecified atom stereocenters. The Labute approximate surface area is 102 Å². The largest absolute Gasteiger partial charge is 0.489 e. The summed E-state index contributed by atoms with van der Waals surface area (Å²) in [4.78, 5) is 0. The molecule has 0 radical (unpaired) electrons. The second-order valence-electron chi connectivity index (χ2n) is 4.08. The number of allylic oxidation sites excluding steroid dienone is 1. The molecule has 2 rings (SSSR count). The molecule has 1 nitrogen and oxygen atoms in total. The average Bonchev–Trinajstić information content (AvgIpc) is 2.38. The van der Waals surface area contributed by atoms with Gasteiger partial charge >= 0.3 is 0 Å². The van der Waals surface area contributed by atoms with Crippen LogP contribution in [0.4, 0.5) is 0 Å². The molecule has 0 heterocycles. The SMILES string of the molecule is C=C(C)c1cccc(OCc2ccccc2)c1. The van der Waals surface area contributed by atoms with E-state index in [1.165, 1.54) is 5.56 Å². The highest BCUT2D eigenvalue weighted by molar-refractivity contribution is 5.62. The molecule has 0 fully saturated rings. The van der Waals surface area contributed by atoms with Crippen molar-refractivity contribution in [2.45, 2.75) is 13.5 Å². The molecule has 86 valence electrons. The van der Waals surface area contributed by atoms with Gasteiger partial charge in [0, 0.05) is 0 Å². The molecule has 0 aliphatic carbocycles. The molecule has 0 aromatic heterocycles. The molecule has 0 amide bonds. The normalized spacial score (nSPS) is 9.94. The van der Waals surface area contributed by atoms with Gasteiger partial charge < -0.3 is 4.74 Å². The molecule has 0 aliphatic heterocycles. The van der Waals surface area contributed by atoms with Crippen molar-refractivity contribution < 1.29 is 4.74 Å². The first-order valence-electron chi connectivity index (χ1n) is 5.68. The number of ether oxygens (including phenoxy) is 1. The predicted molar refractivity (Wildman–Crippen MR) is 71.9 cm³/mol. The van der Waals surface area contributed by atoms with Crippen LogP contribution in [0.2, 0.25) is 0 Å². The molecule has 0 saturated carbocycles. The summed E-state index contributed by atoms with van der Waals surface area (Å²) in [6, 6.07) is 18.2. The van der Waals surface area contributed by atoms with Crippen LogP contribution in [0.5, 0.6) is 5.75 Å². The third-order valence-corrected chi connectivity index (χ3v) is 2.58. The Hall–Kier alpha value is -2.02. The van der Waals surface area contributed by atoms with E-state index in [1.807, 2.05) is 49.4 Å². The molecule has 0 N–H and O–H groups in total. The summed E-state index contributed by atoms with van der Waals surface area (Å²) >= 11 is 0. The lowest BCUT2D eigenvalue weighted by Crippen LogP contribution is -1.95. The van der Waals surface area contributed by atoms with E-state index in [-0.39, 0.29) is 0 Å². The van der Waals surface area contributed by atoms with Gasteiger partial charge in [-0.3, -0.25) is 0 Å². The monoisotopic (exact) mass is 224 g/mol. The van der Waals surface area contributed by atoms with E-state index in [0.717, 1.165) is 16.9 Å². The summed E-state index contributed by atoms with van der Waals surface area (Å²) in [6.45, 7) is 6.52. The average molecular weight is 224 g/mol. The summed E-state index contributed by atoms with van der Waals surface area (Å²) in [5.41, 5.74) is 3.35. The van der Waals surface area contributed by atoms with Crippen molar-refractivity contribution in [2.24, 2.45) is 0 Å². The van der Waals surface area contributed by atoms with Crippen LogP contribution in [0.1, 0.15) is 18.1 Å². The van der Waals surface area contributed by atoms with E-state index in [9.17, 15) is 0 Å². The molecular weight excluding hydrogens is 208 g/mol. The predicted octanol–water partition coefficient (Wildman–Crippen LogP) is 4.30. The van der Waals surface area contributed by atoms with Gasteiger partial charge in [0.15, 0.2) is 0 Å². The van der Waals surface area contributed by atoms with Gasteiger partial charge in [-0.1, -0.05) is 54.6 Å². The molecule has 2 aromatic rings. The zero-order chi connectivity index (χ0) is 12.1. The van der Waals surface area contributed by atoms with Crippen molar-refractivity contribution >= 4 is 5.57 Å². The Morgan fingerprint density at radius 1 is 1.06 bits per heavy atom. The van der Waals surface area contributed by atoms with Gasteiger partial charge in [0.25, 0.3) is 0 Å². The lowest BCUT2D eigenvalue weighted by molar-refractivity contribution is 0.306. The summed E-state index contributed by atoms with van der Waals surface area (Å²) in [7, 11) is 0. The quantitative estimate of drug-likeness (QED) is 0.752. The topological polar surface area (TPSA) is 9.23 Å². The maximum absolute atomic E-state index is 5.74. The highest BCUT2D eigenvalue weighted by atomic mass is 16.5. The van der Waals surface area contributed by atoms with E-state index in [1.54, 1.807) is 0 Å². The van der Waals surface area contributed by atoms with Crippen LogP contribution in [0.15, 0.2) is 61.2 Å². The lowest BCUT2D eigenvalue weighted by atomic mass is 10.1. The highest BCUT2D eigenvalue weighted by Gasteiger charge is 1.98. The molecule has 0 aliphatic rings. The molecule has 17 heavy (non-hydrogen) atoms. The molecule has 0 spiro atoms. The summed E-state index contributed by atoms with van der Waals surface area (Å²) in [5.74, 6) is 0.884. The highest BCUT2D eigenvalue weighted by Crippen LogP contribution is 2.19. The Bertz CT molecular complexity index is 500. The standard InChI is InChI=1S/C16H16O/c1-13(2)15-9-6-10-16(11-15)17-12-14-7-4-3-5-8-14/h3-11H,1,12H2,2H3. The first kappa shape index (κ1) is 11.5. The van der Waals surface area contributed by atoms with Crippen LogP contribution in [-0.2, 0) is 6.61 Å². The van der Waals surface area contributed by atoms with E-state index in [4.69, 9.17) is 4.74 Å². The maximum atomic E-state index is 5.74. The van der Waals surface area contributed by atoms with E-state index in [0.29, 0.717) is 6.61 Å². The zero-order valence-corrected chi connectivity index (χ0v) is 10.0. The van der Waals surface area contributed by atoms with Crippen LogP contribution in [0, 0.1) is 0 Å². The second kappa shape index (κ2) is 5.35. The maximum Gasteiger partial charge on any atom is 0.120 e. The van der Waals surface area contributed by atoms with Crippen molar-refractivity contribution in [3.05, 3.63) is 72.3 Å². The van der Waals surface area contributed by atoms with E-state index in [2.05, 4.69) is 18.7 Å². The van der Waals surface area contributed by atoms with Gasteiger partial charge in [0.05, 0.1) is 0 Å². The third-order valence-electron chi connectivity index (χ3n) is 2.58. The van der Waals surface area contributed by atoms with Gasteiger partial charge in [0.1, 0.15) is 12.4 Å². The molecule has 0 saturated heterocycles. The van der Waals surface area contributed by atoms with Crippen molar-refractivity contribution in [2.75, 3.05) is 0 Å². The van der Waals surface area contributed by atoms with Gasteiger partial charge in [-0.25, -0.2) is 0 Å². The minimum Gasteiger partial charge on any atom is -0.489 e. The Morgan fingerprint density at radius 2 is 1.82 bits per heavy atom. The summed E-state index contributed by atoms with van der Waals surface area (Å²) in [6.07, 6.45) is 0. The fourth-order valence-electron chi connectivity index (χ4n) is 1.59. The van der Waals surface area contributed by atoms with Gasteiger partial charge in [0.2, 0.25) is 0 Å². The first-order chi connectivity index (χ1) is 8.25. The van der Waals surface area contributed by atoms with Crippen LogP contribution >= 0.6 is 0 Å². The second-order valence-corrected chi connectivity index (χ2v) is 4.08. The third kappa shape index (κ3) is 3.22. The Kier molecular flexibility index (Phi) is 3.61. The fourth-order valence-corrected chi connectivity index (χ4v) is 1.59. The Balaban J connectivity index is 2.04. The van der Waals surface area contributed by atoms with Crippen LogP contribution in [0.3, 0.4) is 0 Å².